The number of carbonyl (C=O) groups excluding carboxylic acids is 3. The summed E-state index contributed by atoms with van der Waals surface area (Å²) in [7, 11) is 3.12. The minimum absolute atomic E-state index is 0.00344. The number of nitrogens with zero attached hydrogens (tertiary/aromatic N) is 2. The fourth-order valence-electron chi connectivity index (χ4n) is 4.61. The van der Waals surface area contributed by atoms with Crippen molar-refractivity contribution in [2.75, 3.05) is 44.1 Å². The molecule has 2 aromatic carbocycles. The molecule has 1 N–H and O–H groups in total. The molecule has 3 amide bonds. The monoisotopic (exact) mass is 465 g/mol. The van der Waals surface area contributed by atoms with Crippen LogP contribution in [0.5, 0.6) is 11.5 Å². The summed E-state index contributed by atoms with van der Waals surface area (Å²) in [6, 6.07) is 13.0. The van der Waals surface area contributed by atoms with Crippen molar-refractivity contribution in [1.29, 1.82) is 0 Å². The minimum Gasteiger partial charge on any atom is -0.497 e. The SMILES string of the molecule is COc1ccc(OC)c(NC(=O)C2CCN(C(=O)[C@H]3CC(=O)N(c4ccc(C)cc4)C3)CC2)c1. The summed E-state index contributed by atoms with van der Waals surface area (Å²) >= 11 is 0. The maximum Gasteiger partial charge on any atom is 0.228 e. The van der Waals surface area contributed by atoms with E-state index >= 15 is 0 Å². The molecule has 2 aromatic rings. The zero-order valence-corrected chi connectivity index (χ0v) is 19.9. The van der Waals surface area contributed by atoms with Gasteiger partial charge in [0.25, 0.3) is 0 Å². The Kier molecular flexibility index (Phi) is 7.05. The second-order valence-electron chi connectivity index (χ2n) is 8.90. The number of nitrogens with one attached hydrogen (secondary N) is 1. The van der Waals surface area contributed by atoms with Crippen LogP contribution in [0.1, 0.15) is 24.8 Å². The molecule has 0 saturated carbocycles. The summed E-state index contributed by atoms with van der Waals surface area (Å²) in [5.74, 6) is 0.516. The predicted octanol–water partition coefficient (Wildman–Crippen LogP) is 3.24. The number of amides is 3. The largest absolute Gasteiger partial charge is 0.497 e. The van der Waals surface area contributed by atoms with E-state index < -0.39 is 0 Å². The number of aryl methyl sites for hydroxylation is 1. The zero-order valence-electron chi connectivity index (χ0n) is 19.9. The molecule has 8 heteroatoms. The first-order valence-corrected chi connectivity index (χ1v) is 11.6. The molecule has 2 fully saturated rings. The standard InChI is InChI=1S/C26H31N3O5/c1-17-4-6-20(7-5-17)29-16-19(14-24(29)30)26(32)28-12-10-18(11-13-28)25(31)27-22-15-21(33-2)8-9-23(22)34-3/h4-9,15,18-19H,10-14,16H2,1-3H3,(H,27,31)/t19-/m0/s1. The van der Waals surface area contributed by atoms with Crippen LogP contribution in [0, 0.1) is 18.8 Å². The van der Waals surface area contributed by atoms with E-state index in [1.165, 1.54) is 0 Å². The summed E-state index contributed by atoms with van der Waals surface area (Å²) in [5.41, 5.74) is 2.51. The van der Waals surface area contributed by atoms with Gasteiger partial charge in [0.2, 0.25) is 17.7 Å². The molecule has 2 heterocycles. The van der Waals surface area contributed by atoms with Crippen molar-refractivity contribution in [3.63, 3.8) is 0 Å². The minimum atomic E-state index is -0.347. The van der Waals surface area contributed by atoms with Crippen molar-refractivity contribution in [3.05, 3.63) is 48.0 Å². The van der Waals surface area contributed by atoms with Gasteiger partial charge in [0.05, 0.1) is 25.8 Å². The number of piperidine rings is 1. The summed E-state index contributed by atoms with van der Waals surface area (Å²) in [4.78, 5) is 42.0. The summed E-state index contributed by atoms with van der Waals surface area (Å²) in [5, 5.41) is 2.94. The van der Waals surface area contributed by atoms with Crippen LogP contribution in [0.2, 0.25) is 0 Å². The molecular formula is C26H31N3O5. The summed E-state index contributed by atoms with van der Waals surface area (Å²) in [6.07, 6.45) is 1.38. The molecule has 0 spiro atoms. The molecule has 2 saturated heterocycles. The van der Waals surface area contributed by atoms with Crippen LogP contribution < -0.4 is 19.7 Å². The Labute approximate surface area is 199 Å². The molecule has 2 aliphatic rings. The van der Waals surface area contributed by atoms with Crippen LogP contribution in [0.3, 0.4) is 0 Å². The van der Waals surface area contributed by atoms with Crippen molar-refractivity contribution in [3.8, 4) is 11.5 Å². The van der Waals surface area contributed by atoms with E-state index in [1.807, 2.05) is 31.2 Å². The Morgan fingerprint density at radius 3 is 2.32 bits per heavy atom. The predicted molar refractivity (Wildman–Crippen MR) is 129 cm³/mol. The van der Waals surface area contributed by atoms with Gasteiger partial charge in [0, 0.05) is 43.7 Å². The van der Waals surface area contributed by atoms with Crippen LogP contribution in [0.25, 0.3) is 0 Å². The third-order valence-electron chi connectivity index (χ3n) is 6.66. The van der Waals surface area contributed by atoms with Gasteiger partial charge in [-0.1, -0.05) is 17.7 Å². The van der Waals surface area contributed by atoms with Crippen LogP contribution in [-0.4, -0.2) is 56.5 Å². The Balaban J connectivity index is 1.32. The third-order valence-corrected chi connectivity index (χ3v) is 6.66. The molecule has 0 radical (unpaired) electrons. The first-order valence-electron chi connectivity index (χ1n) is 11.6. The lowest BCUT2D eigenvalue weighted by atomic mass is 9.94. The molecule has 0 bridgehead atoms. The molecule has 0 aromatic heterocycles. The van der Waals surface area contributed by atoms with E-state index in [4.69, 9.17) is 9.47 Å². The zero-order chi connectivity index (χ0) is 24.2. The van der Waals surface area contributed by atoms with Crippen molar-refractivity contribution >= 4 is 29.1 Å². The number of anilines is 2. The molecule has 0 aliphatic carbocycles. The topological polar surface area (TPSA) is 88.2 Å². The van der Waals surface area contributed by atoms with Gasteiger partial charge >= 0.3 is 0 Å². The van der Waals surface area contributed by atoms with Crippen molar-refractivity contribution < 1.29 is 23.9 Å². The number of rotatable bonds is 6. The second-order valence-corrected chi connectivity index (χ2v) is 8.90. The molecule has 8 nitrogen and oxygen atoms in total. The molecular weight excluding hydrogens is 434 g/mol. The third kappa shape index (κ3) is 5.00. The number of likely N-dealkylation sites (tertiary alicyclic amines) is 1. The van der Waals surface area contributed by atoms with Crippen molar-refractivity contribution in [2.24, 2.45) is 11.8 Å². The lowest BCUT2D eigenvalue weighted by Gasteiger charge is -2.33. The highest BCUT2D eigenvalue weighted by atomic mass is 16.5. The second kappa shape index (κ2) is 10.2. The average molecular weight is 466 g/mol. The van der Waals surface area contributed by atoms with E-state index in [2.05, 4.69) is 5.32 Å². The van der Waals surface area contributed by atoms with Gasteiger partial charge in [-0.2, -0.15) is 0 Å². The molecule has 34 heavy (non-hydrogen) atoms. The van der Waals surface area contributed by atoms with Crippen LogP contribution in [0.15, 0.2) is 42.5 Å². The normalized spacial score (nSPS) is 18.7. The number of carbonyl (C=O) groups is 3. The summed E-state index contributed by atoms with van der Waals surface area (Å²) in [6.45, 7) is 3.40. The summed E-state index contributed by atoms with van der Waals surface area (Å²) < 4.78 is 10.6. The van der Waals surface area contributed by atoms with Gasteiger partial charge in [-0.15, -0.1) is 0 Å². The van der Waals surface area contributed by atoms with E-state index in [9.17, 15) is 14.4 Å². The maximum absolute atomic E-state index is 13.1. The number of hydrogen-bond donors (Lipinski definition) is 1. The van der Waals surface area contributed by atoms with E-state index in [-0.39, 0.29) is 36.0 Å². The highest BCUT2D eigenvalue weighted by Crippen LogP contribution is 2.31. The average Bonchev–Trinajstić information content (AvgIpc) is 3.25. The lowest BCUT2D eigenvalue weighted by Crippen LogP contribution is -2.44. The van der Waals surface area contributed by atoms with E-state index in [1.54, 1.807) is 42.2 Å². The Bertz CT molecular complexity index is 1060. The fraction of sp³-hybridized carbons (Fsp3) is 0.423. The lowest BCUT2D eigenvalue weighted by molar-refractivity contribution is -0.138. The first kappa shape index (κ1) is 23.6. The molecule has 180 valence electrons. The van der Waals surface area contributed by atoms with Gasteiger partial charge < -0.3 is 24.6 Å². The first-order chi connectivity index (χ1) is 16.4. The Morgan fingerprint density at radius 1 is 0.971 bits per heavy atom. The quantitative estimate of drug-likeness (QED) is 0.708. The van der Waals surface area contributed by atoms with Gasteiger partial charge in [-0.05, 0) is 44.0 Å². The number of methoxy groups -OCH3 is 2. The Hall–Kier alpha value is -3.55. The van der Waals surface area contributed by atoms with Crippen LogP contribution in [0.4, 0.5) is 11.4 Å². The van der Waals surface area contributed by atoms with Crippen LogP contribution in [-0.2, 0) is 14.4 Å². The highest BCUT2D eigenvalue weighted by Gasteiger charge is 2.38. The van der Waals surface area contributed by atoms with Crippen molar-refractivity contribution in [1.82, 2.24) is 4.90 Å². The van der Waals surface area contributed by atoms with Gasteiger partial charge in [-0.3, -0.25) is 14.4 Å². The molecule has 1 atom stereocenters. The van der Waals surface area contributed by atoms with Gasteiger partial charge in [0.15, 0.2) is 0 Å². The smallest absolute Gasteiger partial charge is 0.228 e. The van der Waals surface area contributed by atoms with Crippen molar-refractivity contribution in [2.45, 2.75) is 26.2 Å². The van der Waals surface area contributed by atoms with Gasteiger partial charge in [-0.25, -0.2) is 0 Å². The van der Waals surface area contributed by atoms with E-state index in [0.29, 0.717) is 49.7 Å². The number of benzene rings is 2. The molecule has 4 rings (SSSR count). The maximum atomic E-state index is 13.1. The number of ether oxygens (including phenoxy) is 2. The fourth-order valence-corrected chi connectivity index (χ4v) is 4.61. The molecule has 0 unspecified atom stereocenters. The molecule has 2 aliphatic heterocycles. The Morgan fingerprint density at radius 2 is 1.68 bits per heavy atom. The van der Waals surface area contributed by atoms with Crippen LogP contribution >= 0.6 is 0 Å². The van der Waals surface area contributed by atoms with E-state index in [0.717, 1.165) is 11.3 Å². The highest BCUT2D eigenvalue weighted by molar-refractivity contribution is 6.00. The van der Waals surface area contributed by atoms with Gasteiger partial charge in [0.1, 0.15) is 11.5 Å². The number of hydrogen-bond acceptors (Lipinski definition) is 5.